The van der Waals surface area contributed by atoms with Crippen LogP contribution in [0.2, 0.25) is 0 Å². The summed E-state index contributed by atoms with van der Waals surface area (Å²) >= 11 is 0. The van der Waals surface area contributed by atoms with Gasteiger partial charge in [0.05, 0.1) is 48.9 Å². The highest BCUT2D eigenvalue weighted by Gasteiger charge is 2.43. The topological polar surface area (TPSA) is 94.2 Å². The van der Waals surface area contributed by atoms with Crippen LogP contribution in [0, 0.1) is 0 Å². The zero-order valence-corrected chi connectivity index (χ0v) is 22.6. The van der Waals surface area contributed by atoms with Gasteiger partial charge in [0.25, 0.3) is 10.0 Å². The van der Waals surface area contributed by atoms with Crippen LogP contribution in [0.3, 0.4) is 0 Å². The van der Waals surface area contributed by atoms with E-state index in [0.717, 1.165) is 36.4 Å². The number of rotatable bonds is 6. The van der Waals surface area contributed by atoms with Crippen LogP contribution in [0.25, 0.3) is 0 Å². The first-order valence-corrected chi connectivity index (χ1v) is 13.9. The highest BCUT2D eigenvalue weighted by atomic mass is 32.2. The van der Waals surface area contributed by atoms with Crippen LogP contribution in [0.1, 0.15) is 39.9 Å². The Morgan fingerprint density at radius 1 is 1.02 bits per heavy atom. The summed E-state index contributed by atoms with van der Waals surface area (Å²) in [6.07, 6.45) is -3.55. The summed E-state index contributed by atoms with van der Waals surface area (Å²) in [7, 11) is -2.12. The molecular formula is C28H27F3N2O6S. The summed E-state index contributed by atoms with van der Waals surface area (Å²) < 4.78 is 86.4. The van der Waals surface area contributed by atoms with Gasteiger partial charge in [-0.25, -0.2) is 13.2 Å². The van der Waals surface area contributed by atoms with Crippen molar-refractivity contribution in [3.8, 4) is 5.75 Å². The molecule has 0 atom stereocenters. The minimum atomic E-state index is -4.70. The second kappa shape index (κ2) is 10.3. The van der Waals surface area contributed by atoms with Gasteiger partial charge >= 0.3 is 12.1 Å². The fourth-order valence-electron chi connectivity index (χ4n) is 5.31. The standard InChI is InChI=1S/C28H27F3N2O6S/c1-37-24-10-7-18(26(34)38-2)15-25(24)40(35,36)32-22-16-20(28(29,30)31)8-9-23(22)33-13-11-27(12-14-33)21-6-4-3-5-19(21)17-39-27/h3-10,15-16,32H,11-14,17H2,1-2H3. The fraction of sp³-hybridized carbons (Fsp3) is 0.321. The van der Waals surface area contributed by atoms with Gasteiger partial charge in [0.1, 0.15) is 10.6 Å². The lowest BCUT2D eigenvalue weighted by Crippen LogP contribution is -2.42. The molecule has 5 rings (SSSR count). The quantitative estimate of drug-likeness (QED) is 0.397. The molecule has 3 aromatic rings. The van der Waals surface area contributed by atoms with Crippen molar-refractivity contribution in [2.75, 3.05) is 36.9 Å². The lowest BCUT2D eigenvalue weighted by molar-refractivity contribution is -0.137. The van der Waals surface area contributed by atoms with Crippen LogP contribution in [0.4, 0.5) is 24.5 Å². The number of hydrogen-bond donors (Lipinski definition) is 1. The summed E-state index contributed by atoms with van der Waals surface area (Å²) in [5.74, 6) is -0.873. The SMILES string of the molecule is COC(=O)c1ccc(OC)c(S(=O)(=O)Nc2cc(C(F)(F)F)ccc2N2CCC3(CC2)OCc2ccccc23)c1. The van der Waals surface area contributed by atoms with Gasteiger partial charge in [-0.15, -0.1) is 0 Å². The summed E-state index contributed by atoms with van der Waals surface area (Å²) in [5.41, 5.74) is 0.713. The maximum absolute atomic E-state index is 13.7. The third-order valence-corrected chi connectivity index (χ3v) is 8.75. The molecule has 2 aliphatic heterocycles. The molecule has 212 valence electrons. The predicted octanol–water partition coefficient (Wildman–Crippen LogP) is 5.33. The molecule has 12 heteroatoms. The third-order valence-electron chi connectivity index (χ3n) is 7.37. The first kappa shape index (κ1) is 27.8. The molecular weight excluding hydrogens is 549 g/mol. The van der Waals surface area contributed by atoms with Crippen molar-refractivity contribution in [1.29, 1.82) is 0 Å². The fourth-order valence-corrected chi connectivity index (χ4v) is 6.57. The third kappa shape index (κ3) is 5.08. The zero-order valence-electron chi connectivity index (χ0n) is 21.7. The molecule has 3 aromatic carbocycles. The van der Waals surface area contributed by atoms with E-state index < -0.39 is 38.2 Å². The molecule has 0 aromatic heterocycles. The second-order valence-electron chi connectivity index (χ2n) is 9.62. The summed E-state index contributed by atoms with van der Waals surface area (Å²) in [5, 5.41) is 0. The number of carbonyl (C=O) groups excluding carboxylic acids is 1. The van der Waals surface area contributed by atoms with Crippen LogP contribution < -0.4 is 14.4 Å². The molecule has 1 fully saturated rings. The molecule has 1 N–H and O–H groups in total. The van der Waals surface area contributed by atoms with Gasteiger partial charge in [-0.1, -0.05) is 24.3 Å². The van der Waals surface area contributed by atoms with Gasteiger partial charge < -0.3 is 19.1 Å². The Morgan fingerprint density at radius 2 is 1.75 bits per heavy atom. The van der Waals surface area contributed by atoms with E-state index >= 15 is 0 Å². The van der Waals surface area contributed by atoms with Crippen LogP contribution >= 0.6 is 0 Å². The van der Waals surface area contributed by atoms with Crippen LogP contribution in [-0.2, 0) is 37.9 Å². The summed E-state index contributed by atoms with van der Waals surface area (Å²) in [4.78, 5) is 13.5. The lowest BCUT2D eigenvalue weighted by atomic mass is 9.83. The molecule has 8 nitrogen and oxygen atoms in total. The molecule has 0 saturated carbocycles. The van der Waals surface area contributed by atoms with Crippen molar-refractivity contribution in [3.05, 3.63) is 82.9 Å². The van der Waals surface area contributed by atoms with E-state index in [0.29, 0.717) is 38.2 Å². The van der Waals surface area contributed by atoms with Gasteiger partial charge in [0.15, 0.2) is 0 Å². The minimum absolute atomic E-state index is 0.0638. The van der Waals surface area contributed by atoms with Crippen molar-refractivity contribution in [2.24, 2.45) is 0 Å². The summed E-state index contributed by atoms with van der Waals surface area (Å²) in [6.45, 7) is 1.35. The molecule has 1 spiro atoms. The number of fused-ring (bicyclic) bond motifs is 2. The molecule has 40 heavy (non-hydrogen) atoms. The van der Waals surface area contributed by atoms with E-state index in [9.17, 15) is 26.4 Å². The number of hydrogen-bond acceptors (Lipinski definition) is 7. The molecule has 0 amide bonds. The Balaban J connectivity index is 1.49. The van der Waals surface area contributed by atoms with E-state index in [4.69, 9.17) is 9.47 Å². The highest BCUT2D eigenvalue weighted by molar-refractivity contribution is 7.92. The number of anilines is 2. The molecule has 2 aliphatic rings. The molecule has 0 unspecified atom stereocenters. The first-order valence-electron chi connectivity index (χ1n) is 12.5. The van der Waals surface area contributed by atoms with Crippen molar-refractivity contribution in [3.63, 3.8) is 0 Å². The lowest BCUT2D eigenvalue weighted by Gasteiger charge is -2.41. The first-order chi connectivity index (χ1) is 19.0. The van der Waals surface area contributed by atoms with E-state index in [1.54, 1.807) is 0 Å². The molecule has 0 aliphatic carbocycles. The van der Waals surface area contributed by atoms with Crippen molar-refractivity contribution < 1.29 is 40.6 Å². The van der Waals surface area contributed by atoms with E-state index in [1.165, 1.54) is 25.3 Å². The number of nitrogens with one attached hydrogen (secondary N) is 1. The number of benzene rings is 3. The summed E-state index contributed by atoms with van der Waals surface area (Å²) in [6, 6.07) is 14.6. The predicted molar refractivity (Wildman–Crippen MR) is 141 cm³/mol. The van der Waals surface area contributed by atoms with Crippen molar-refractivity contribution in [1.82, 2.24) is 0 Å². The van der Waals surface area contributed by atoms with E-state index in [1.807, 2.05) is 29.2 Å². The number of nitrogens with zero attached hydrogens (tertiary/aromatic N) is 1. The maximum Gasteiger partial charge on any atom is 0.416 e. The highest BCUT2D eigenvalue weighted by Crippen LogP contribution is 2.46. The number of alkyl halides is 3. The number of esters is 1. The van der Waals surface area contributed by atoms with Gasteiger partial charge in [0.2, 0.25) is 0 Å². The number of halogens is 3. The average Bonchev–Trinajstić information content (AvgIpc) is 3.30. The van der Waals surface area contributed by atoms with Gasteiger partial charge in [-0.3, -0.25) is 4.72 Å². The van der Waals surface area contributed by atoms with Gasteiger partial charge in [0, 0.05) is 13.1 Å². The number of methoxy groups -OCH3 is 2. The Kier molecular flexibility index (Phi) is 7.17. The average molecular weight is 577 g/mol. The Bertz CT molecular complexity index is 1550. The molecule has 0 radical (unpaired) electrons. The molecule has 2 heterocycles. The van der Waals surface area contributed by atoms with Crippen molar-refractivity contribution in [2.45, 2.75) is 36.1 Å². The largest absolute Gasteiger partial charge is 0.495 e. The number of piperidine rings is 1. The van der Waals surface area contributed by atoms with Crippen molar-refractivity contribution >= 4 is 27.4 Å². The Morgan fingerprint density at radius 3 is 2.42 bits per heavy atom. The number of carbonyl (C=O) groups is 1. The Labute approximate surface area is 229 Å². The van der Waals surface area contributed by atoms with E-state index in [-0.39, 0.29) is 17.0 Å². The van der Waals surface area contributed by atoms with Crippen LogP contribution in [0.5, 0.6) is 5.75 Å². The van der Waals surface area contributed by atoms with Gasteiger partial charge in [-0.2, -0.15) is 13.2 Å². The Hall–Kier alpha value is -3.77. The normalized spacial score (nSPS) is 16.5. The molecule has 0 bridgehead atoms. The van der Waals surface area contributed by atoms with Gasteiger partial charge in [-0.05, 0) is 60.4 Å². The smallest absolute Gasteiger partial charge is 0.416 e. The molecule has 1 saturated heterocycles. The monoisotopic (exact) mass is 576 g/mol. The maximum atomic E-state index is 13.7. The number of sulfonamides is 1. The van der Waals surface area contributed by atoms with Crippen LogP contribution in [-0.4, -0.2) is 41.7 Å². The minimum Gasteiger partial charge on any atom is -0.495 e. The zero-order chi connectivity index (χ0) is 28.7. The van der Waals surface area contributed by atoms with Crippen LogP contribution in [0.15, 0.2) is 65.6 Å². The second-order valence-corrected chi connectivity index (χ2v) is 11.3. The number of ether oxygens (including phenoxy) is 3. The van der Waals surface area contributed by atoms with E-state index in [2.05, 4.69) is 9.46 Å².